The average Bonchev–Trinajstić information content (AvgIpc) is 3.33. The zero-order chi connectivity index (χ0) is 48.7. The van der Waals surface area contributed by atoms with Gasteiger partial charge >= 0.3 is 0 Å². The number of nitrogens with one attached hydrogen (secondary N) is 2. The number of fused-ring (bicyclic) bond motifs is 2. The highest BCUT2D eigenvalue weighted by molar-refractivity contribution is 7.99. The summed E-state index contributed by atoms with van der Waals surface area (Å²) < 4.78 is 70.9. The summed E-state index contributed by atoms with van der Waals surface area (Å²) in [6.45, 7) is 11.1. The Labute approximate surface area is 406 Å². The molecule has 0 aliphatic heterocycles. The van der Waals surface area contributed by atoms with Gasteiger partial charge in [0.15, 0.2) is 5.16 Å². The molecule has 1 saturated carbocycles. The topological polar surface area (TPSA) is 227 Å². The number of benzene rings is 6. The quantitative estimate of drug-likeness (QED) is 0.0463. The van der Waals surface area contributed by atoms with E-state index in [1.54, 1.807) is 60.3 Å². The SMILES string of the molecule is CCN(CC)c1ccc(N=Nc2c(S(=O)(=O)O)ccc3ccccc23)c(Nc2nc(Nc3cc(N(CC)CC)ccc3N=Nc3c(S(=O)(=O)O)ccc4ccccc34)nc(SC3CCCCC3)n2)c1. The second-order valence-corrected chi connectivity index (χ2v) is 20.3. The Morgan fingerprint density at radius 1 is 0.565 bits per heavy atom. The normalized spacial score (nSPS) is 13.7. The minimum Gasteiger partial charge on any atom is -0.372 e. The van der Waals surface area contributed by atoms with Gasteiger partial charge in [-0.2, -0.15) is 31.8 Å². The highest BCUT2D eigenvalue weighted by atomic mass is 32.2. The van der Waals surface area contributed by atoms with Crippen LogP contribution in [0.5, 0.6) is 0 Å². The molecule has 1 aliphatic rings. The number of thioether (sulfide) groups is 1. The molecule has 0 unspecified atom stereocenters. The van der Waals surface area contributed by atoms with Crippen LogP contribution in [-0.4, -0.2) is 72.3 Å². The van der Waals surface area contributed by atoms with E-state index in [1.807, 2.05) is 48.5 Å². The highest BCUT2D eigenvalue weighted by Gasteiger charge is 2.22. The van der Waals surface area contributed by atoms with Crippen LogP contribution in [-0.2, 0) is 20.2 Å². The van der Waals surface area contributed by atoms with Crippen molar-refractivity contribution in [2.75, 3.05) is 46.6 Å². The van der Waals surface area contributed by atoms with E-state index in [0.29, 0.717) is 49.5 Å². The Kier molecular flexibility index (Phi) is 15.1. The molecule has 0 bridgehead atoms. The van der Waals surface area contributed by atoms with Crippen molar-refractivity contribution in [3.05, 3.63) is 109 Å². The molecule has 4 N–H and O–H groups in total. The number of anilines is 6. The smallest absolute Gasteiger partial charge is 0.296 e. The lowest BCUT2D eigenvalue weighted by atomic mass is 10.0. The molecule has 0 radical (unpaired) electrons. The Morgan fingerprint density at radius 3 is 1.42 bits per heavy atom. The summed E-state index contributed by atoms with van der Waals surface area (Å²) >= 11 is 1.57. The van der Waals surface area contributed by atoms with Crippen LogP contribution in [0.1, 0.15) is 59.8 Å². The van der Waals surface area contributed by atoms with Crippen molar-refractivity contribution in [3.63, 3.8) is 0 Å². The average molecular weight is 988 g/mol. The molecular formula is C49H53N11O6S3. The number of hydrogen-bond donors (Lipinski definition) is 4. The number of rotatable bonds is 18. The summed E-state index contributed by atoms with van der Waals surface area (Å²) in [7, 11) is -9.34. The van der Waals surface area contributed by atoms with Gasteiger partial charge < -0.3 is 20.4 Å². The molecule has 0 spiro atoms. The van der Waals surface area contributed by atoms with Crippen LogP contribution in [0.4, 0.5) is 57.4 Å². The van der Waals surface area contributed by atoms with Gasteiger partial charge in [-0.25, -0.2) is 0 Å². The number of nitrogens with zero attached hydrogens (tertiary/aromatic N) is 9. The fraction of sp³-hybridized carbons (Fsp3) is 0.286. The van der Waals surface area contributed by atoms with Gasteiger partial charge in [0, 0.05) is 53.6 Å². The third-order valence-corrected chi connectivity index (χ3v) is 14.9. The molecule has 69 heavy (non-hydrogen) atoms. The van der Waals surface area contributed by atoms with Crippen molar-refractivity contribution >= 4 is 111 Å². The first-order valence-electron chi connectivity index (χ1n) is 22.8. The van der Waals surface area contributed by atoms with Crippen LogP contribution in [0.25, 0.3) is 21.5 Å². The summed E-state index contributed by atoms with van der Waals surface area (Å²) in [5, 5.41) is 28.1. The van der Waals surface area contributed by atoms with Gasteiger partial charge in [-0.15, -0.1) is 20.5 Å². The molecule has 358 valence electrons. The molecule has 0 saturated heterocycles. The summed E-state index contributed by atoms with van der Waals surface area (Å²) in [6.07, 6.45) is 5.39. The lowest BCUT2D eigenvalue weighted by molar-refractivity contribution is 0.481. The van der Waals surface area contributed by atoms with Crippen molar-refractivity contribution in [1.82, 2.24) is 15.0 Å². The van der Waals surface area contributed by atoms with Crippen LogP contribution in [0.3, 0.4) is 0 Å². The maximum absolute atomic E-state index is 12.6. The van der Waals surface area contributed by atoms with Crippen molar-refractivity contribution in [2.45, 2.75) is 80.0 Å². The molecule has 1 aromatic heterocycles. The molecule has 1 aliphatic carbocycles. The first kappa shape index (κ1) is 48.9. The highest BCUT2D eigenvalue weighted by Crippen LogP contribution is 2.41. The fourth-order valence-corrected chi connectivity index (χ4v) is 10.8. The second kappa shape index (κ2) is 21.4. The van der Waals surface area contributed by atoms with E-state index >= 15 is 0 Å². The number of aromatic nitrogens is 3. The lowest BCUT2D eigenvalue weighted by Crippen LogP contribution is -2.21. The molecule has 8 rings (SSSR count). The molecule has 0 atom stereocenters. The third kappa shape index (κ3) is 11.5. The van der Waals surface area contributed by atoms with Crippen LogP contribution in [0.2, 0.25) is 0 Å². The Morgan fingerprint density at radius 2 is 1.00 bits per heavy atom. The zero-order valence-electron chi connectivity index (χ0n) is 38.6. The van der Waals surface area contributed by atoms with Crippen LogP contribution in [0, 0.1) is 0 Å². The zero-order valence-corrected chi connectivity index (χ0v) is 41.1. The van der Waals surface area contributed by atoms with E-state index in [2.05, 4.69) is 68.6 Å². The standard InChI is InChI=1S/C49H53N11O6S3/c1-5-59(6-2)34-24-26-39(55-57-45-37-20-14-12-16-32(37)22-28-43(45)68(61,62)63)41(30-34)50-47-52-48(54-49(53-47)67-36-18-10-9-11-19-36)51-42-31-35(60(7-3)8-4)25-27-40(42)56-58-46-38-21-15-13-17-33(38)23-29-44(46)69(64,65)66/h12-17,20-31,36H,5-11,18-19H2,1-4H3,(H,61,62,63)(H,64,65,66)(H2,50,51,52,53,54). The molecule has 7 aromatic rings. The second-order valence-electron chi connectivity index (χ2n) is 16.3. The molecule has 17 nitrogen and oxygen atoms in total. The summed E-state index contributed by atoms with van der Waals surface area (Å²) in [5.41, 5.74) is 3.33. The predicted octanol–water partition coefficient (Wildman–Crippen LogP) is 13.1. The first-order valence-corrected chi connectivity index (χ1v) is 26.6. The van der Waals surface area contributed by atoms with Crippen molar-refractivity contribution in [1.29, 1.82) is 0 Å². The Hall–Kier alpha value is -6.58. The first-order chi connectivity index (χ1) is 33.3. The van der Waals surface area contributed by atoms with Gasteiger partial charge in [-0.1, -0.05) is 91.7 Å². The van der Waals surface area contributed by atoms with Gasteiger partial charge in [0.2, 0.25) is 11.9 Å². The molecule has 1 heterocycles. The van der Waals surface area contributed by atoms with Crippen LogP contribution < -0.4 is 20.4 Å². The summed E-state index contributed by atoms with van der Waals surface area (Å²) in [6, 6.07) is 31.2. The van der Waals surface area contributed by atoms with Crippen molar-refractivity contribution in [3.8, 4) is 0 Å². The molecule has 1 fully saturated rings. The summed E-state index contributed by atoms with van der Waals surface area (Å²) in [4.78, 5) is 18.3. The van der Waals surface area contributed by atoms with E-state index in [0.717, 1.165) is 63.2 Å². The predicted molar refractivity (Wildman–Crippen MR) is 275 cm³/mol. The van der Waals surface area contributed by atoms with Crippen molar-refractivity contribution in [2.24, 2.45) is 20.5 Å². The third-order valence-electron chi connectivity index (χ3n) is 11.9. The van der Waals surface area contributed by atoms with E-state index in [9.17, 15) is 25.9 Å². The van der Waals surface area contributed by atoms with E-state index in [4.69, 9.17) is 15.0 Å². The Bertz CT molecular complexity index is 3080. The molecular weight excluding hydrogens is 935 g/mol. The molecule has 0 amide bonds. The van der Waals surface area contributed by atoms with E-state index in [-0.39, 0.29) is 38.3 Å². The maximum atomic E-state index is 12.6. The maximum Gasteiger partial charge on any atom is 0.296 e. The van der Waals surface area contributed by atoms with Crippen LogP contribution >= 0.6 is 11.8 Å². The minimum atomic E-state index is -4.67. The van der Waals surface area contributed by atoms with Crippen molar-refractivity contribution < 1.29 is 25.9 Å². The molecule has 6 aromatic carbocycles. The Balaban J connectivity index is 1.24. The minimum absolute atomic E-state index is 0.0123. The van der Waals surface area contributed by atoms with Gasteiger partial charge in [0.05, 0.1) is 11.4 Å². The largest absolute Gasteiger partial charge is 0.372 e. The van der Waals surface area contributed by atoms with Crippen LogP contribution in [0.15, 0.2) is 145 Å². The van der Waals surface area contributed by atoms with Gasteiger partial charge in [0.25, 0.3) is 20.2 Å². The fourth-order valence-electron chi connectivity index (χ4n) is 8.39. The molecule has 20 heteroatoms. The van der Waals surface area contributed by atoms with E-state index in [1.165, 1.54) is 18.6 Å². The van der Waals surface area contributed by atoms with Gasteiger partial charge in [-0.3, -0.25) is 9.11 Å². The van der Waals surface area contributed by atoms with Gasteiger partial charge in [0.1, 0.15) is 32.5 Å². The van der Waals surface area contributed by atoms with Gasteiger partial charge in [-0.05, 0) is 99.8 Å². The monoisotopic (exact) mass is 987 g/mol. The number of hydrogen-bond acceptors (Lipinski definition) is 16. The number of azo groups is 2. The van der Waals surface area contributed by atoms with E-state index < -0.39 is 20.2 Å². The summed E-state index contributed by atoms with van der Waals surface area (Å²) in [5.74, 6) is 0.360. The lowest BCUT2D eigenvalue weighted by Gasteiger charge is -2.23.